The Balaban J connectivity index is 1.24. The molecule has 8 atom stereocenters. The number of phenolic OH excluding ortho intramolecular Hbond substituents is 9. The van der Waals surface area contributed by atoms with Gasteiger partial charge in [0.25, 0.3) is 0 Å². The average Bonchev–Trinajstić information content (AvgIpc) is 3.20. The fourth-order valence-corrected chi connectivity index (χ4v) is 9.22. The highest BCUT2D eigenvalue weighted by atomic mass is 16.7. The number of aliphatic hydroxyl groups is 3. The molecule has 312 valence electrons. The molecule has 0 radical (unpaired) electrons. The second-order valence-corrected chi connectivity index (χ2v) is 15.6. The average molecular weight is 833 g/mol. The predicted octanol–water partition coefficient (Wildman–Crippen LogP) is 4.83. The quantitative estimate of drug-likeness (QED) is 0.106. The molecule has 0 fully saturated rings. The van der Waals surface area contributed by atoms with E-state index >= 15 is 0 Å². The number of hydrogen-bond donors (Lipinski definition) is 12. The molecule has 4 aliphatic heterocycles. The zero-order valence-electron chi connectivity index (χ0n) is 31.4. The molecule has 0 aliphatic carbocycles. The lowest BCUT2D eigenvalue weighted by atomic mass is 9.71. The SMILES string of the molecule is Oc1ccc([C@H]2Oc3c(c(O)cc4c3[C@@H]3c5c(O)cc(O)cc5O[C@](c5ccc(O)cc5)(O4)[C@@H]3O)[C@H](c3c(O)cc(O)c4c3O[C@H](c3ccc(O)c(O)c3)[C@H](O)C4)[C@H]2O)cc1. The van der Waals surface area contributed by atoms with Crippen molar-refractivity contribution < 1.29 is 80.2 Å². The summed E-state index contributed by atoms with van der Waals surface area (Å²) in [6.45, 7) is 0. The van der Waals surface area contributed by atoms with E-state index in [2.05, 4.69) is 0 Å². The number of ether oxygens (including phenoxy) is 4. The van der Waals surface area contributed by atoms with Crippen LogP contribution in [0.2, 0.25) is 0 Å². The molecule has 0 saturated carbocycles. The van der Waals surface area contributed by atoms with Crippen LogP contribution in [0.15, 0.2) is 91.0 Å². The van der Waals surface area contributed by atoms with Crippen LogP contribution in [0.5, 0.6) is 74.7 Å². The van der Waals surface area contributed by atoms with E-state index in [0.717, 1.165) is 12.1 Å². The van der Waals surface area contributed by atoms with Crippen molar-refractivity contribution in [1.29, 1.82) is 0 Å². The normalized spacial score (nSPS) is 25.6. The number of aliphatic hydroxyl groups excluding tert-OH is 3. The molecule has 0 aromatic heterocycles. The van der Waals surface area contributed by atoms with E-state index in [4.69, 9.17) is 18.9 Å². The van der Waals surface area contributed by atoms with Crippen molar-refractivity contribution >= 4 is 0 Å². The molecule has 10 rings (SSSR count). The van der Waals surface area contributed by atoms with Crippen molar-refractivity contribution in [2.75, 3.05) is 0 Å². The summed E-state index contributed by atoms with van der Waals surface area (Å²) in [5.74, 6) is -9.17. The summed E-state index contributed by atoms with van der Waals surface area (Å²) >= 11 is 0. The highest BCUT2D eigenvalue weighted by Gasteiger charge is 2.61. The Bertz CT molecular complexity index is 2770. The molecule has 0 unspecified atom stereocenters. The summed E-state index contributed by atoms with van der Waals surface area (Å²) in [5, 5.41) is 134. The first-order valence-electron chi connectivity index (χ1n) is 19.0. The number of benzene rings is 6. The lowest BCUT2D eigenvalue weighted by Gasteiger charge is -2.51. The minimum absolute atomic E-state index is 0.00762. The van der Waals surface area contributed by atoms with Crippen molar-refractivity contribution in [3.8, 4) is 74.7 Å². The van der Waals surface area contributed by atoms with E-state index < -0.39 is 82.6 Å². The summed E-state index contributed by atoms with van der Waals surface area (Å²) in [6.07, 6.45) is -7.63. The highest BCUT2D eigenvalue weighted by molar-refractivity contribution is 5.72. The molecule has 12 N–H and O–H groups in total. The Hall–Kier alpha value is -7.40. The number of phenols is 9. The van der Waals surface area contributed by atoms with Crippen LogP contribution >= 0.6 is 0 Å². The molecule has 0 amide bonds. The van der Waals surface area contributed by atoms with Crippen LogP contribution in [0, 0.1) is 0 Å². The number of hydrogen-bond acceptors (Lipinski definition) is 16. The molecule has 2 bridgehead atoms. The molecule has 6 aromatic carbocycles. The van der Waals surface area contributed by atoms with Crippen molar-refractivity contribution in [3.63, 3.8) is 0 Å². The Labute approximate surface area is 344 Å². The molecule has 4 aliphatic rings. The zero-order chi connectivity index (χ0) is 42.8. The lowest BCUT2D eigenvalue weighted by molar-refractivity contribution is -0.219. The molecule has 0 spiro atoms. The third-order valence-corrected chi connectivity index (χ3v) is 12.0. The summed E-state index contributed by atoms with van der Waals surface area (Å²) in [6, 6.07) is 19.5. The Kier molecular flexibility index (Phi) is 8.25. The predicted molar refractivity (Wildman–Crippen MR) is 209 cm³/mol. The van der Waals surface area contributed by atoms with Gasteiger partial charge in [-0.1, -0.05) is 18.2 Å². The Morgan fingerprint density at radius 1 is 0.459 bits per heavy atom. The van der Waals surface area contributed by atoms with Crippen molar-refractivity contribution in [3.05, 3.63) is 136 Å². The minimum atomic E-state index is -2.11. The van der Waals surface area contributed by atoms with Crippen molar-refractivity contribution in [2.24, 2.45) is 0 Å². The van der Waals surface area contributed by atoms with Gasteiger partial charge in [0.2, 0.25) is 0 Å². The standard InChI is InChI=1S/C45H36O16/c46-20-6-1-17(2-7-20)41-39(56)37(34-28(53)15-25(50)23-14-30(55)40(58-42(23)34)18-3-10-24(49)26(51)11-18)35-29(54)16-32-36(43(35)59-41)38-33-27(52)12-22(48)13-31(33)60-45(61-32,44(38)57)19-4-8-21(47)9-5-19/h1-13,15-16,30,37-41,44,46-57H,14H2/t30-,37+,38+,39-,40-,41-,44-,45-/m1/s1. The van der Waals surface area contributed by atoms with Gasteiger partial charge in [0.05, 0.1) is 17.9 Å². The van der Waals surface area contributed by atoms with Gasteiger partial charge in [-0.3, -0.25) is 0 Å². The molecule has 61 heavy (non-hydrogen) atoms. The van der Waals surface area contributed by atoms with Gasteiger partial charge in [0, 0.05) is 64.1 Å². The second kappa shape index (κ2) is 13.3. The van der Waals surface area contributed by atoms with Crippen LogP contribution in [0.3, 0.4) is 0 Å². The first kappa shape index (κ1) is 37.8. The lowest BCUT2D eigenvalue weighted by Crippen LogP contribution is -2.57. The van der Waals surface area contributed by atoms with Gasteiger partial charge in [-0.05, 0) is 59.7 Å². The van der Waals surface area contributed by atoms with Gasteiger partial charge in [0.1, 0.15) is 81.6 Å². The molecular formula is C45H36O16. The van der Waals surface area contributed by atoms with Gasteiger partial charge in [-0.2, -0.15) is 0 Å². The highest BCUT2D eigenvalue weighted by Crippen LogP contribution is 2.65. The van der Waals surface area contributed by atoms with Crippen LogP contribution in [-0.2, 0) is 12.2 Å². The minimum Gasteiger partial charge on any atom is -0.508 e. The van der Waals surface area contributed by atoms with E-state index in [1.54, 1.807) is 0 Å². The maximum absolute atomic E-state index is 12.5. The van der Waals surface area contributed by atoms with E-state index in [-0.39, 0.29) is 85.6 Å². The van der Waals surface area contributed by atoms with Crippen LogP contribution in [-0.4, -0.2) is 79.6 Å². The Morgan fingerprint density at radius 2 is 1.05 bits per heavy atom. The van der Waals surface area contributed by atoms with Crippen LogP contribution in [0.4, 0.5) is 0 Å². The van der Waals surface area contributed by atoms with Crippen LogP contribution in [0.1, 0.15) is 68.6 Å². The molecule has 4 heterocycles. The van der Waals surface area contributed by atoms with Gasteiger partial charge in [-0.25, -0.2) is 0 Å². The summed E-state index contributed by atoms with van der Waals surface area (Å²) < 4.78 is 25.9. The van der Waals surface area contributed by atoms with Crippen molar-refractivity contribution in [2.45, 2.75) is 54.6 Å². The topological polar surface area (TPSA) is 280 Å². The molecular weight excluding hydrogens is 796 g/mol. The fourth-order valence-electron chi connectivity index (χ4n) is 9.22. The van der Waals surface area contributed by atoms with E-state index in [1.807, 2.05) is 0 Å². The van der Waals surface area contributed by atoms with Gasteiger partial charge >= 0.3 is 5.79 Å². The zero-order valence-corrected chi connectivity index (χ0v) is 31.4. The molecule has 0 saturated heterocycles. The summed E-state index contributed by atoms with van der Waals surface area (Å²) in [7, 11) is 0. The molecule has 6 aromatic rings. The van der Waals surface area contributed by atoms with E-state index in [9.17, 15) is 61.3 Å². The second-order valence-electron chi connectivity index (χ2n) is 15.6. The monoisotopic (exact) mass is 832 g/mol. The Morgan fingerprint density at radius 3 is 1.74 bits per heavy atom. The third-order valence-electron chi connectivity index (χ3n) is 12.0. The number of fused-ring (bicyclic) bond motifs is 9. The van der Waals surface area contributed by atoms with E-state index in [0.29, 0.717) is 5.56 Å². The van der Waals surface area contributed by atoms with Gasteiger partial charge in [-0.15, -0.1) is 0 Å². The molecule has 16 heteroatoms. The van der Waals surface area contributed by atoms with Gasteiger partial charge in [0.15, 0.2) is 17.6 Å². The largest absolute Gasteiger partial charge is 0.508 e. The first-order chi connectivity index (χ1) is 29.1. The number of rotatable bonds is 4. The van der Waals surface area contributed by atoms with Crippen LogP contribution in [0.25, 0.3) is 0 Å². The van der Waals surface area contributed by atoms with Gasteiger partial charge < -0.3 is 80.2 Å². The van der Waals surface area contributed by atoms with Crippen molar-refractivity contribution in [1.82, 2.24) is 0 Å². The summed E-state index contributed by atoms with van der Waals surface area (Å²) in [4.78, 5) is 0. The smallest absolute Gasteiger partial charge is 0.305 e. The maximum Gasteiger partial charge on any atom is 0.305 e. The maximum atomic E-state index is 12.5. The van der Waals surface area contributed by atoms with Crippen LogP contribution < -0.4 is 18.9 Å². The summed E-state index contributed by atoms with van der Waals surface area (Å²) in [5.41, 5.74) is 0.451. The fraction of sp³-hybridized carbons (Fsp3) is 0.200. The van der Waals surface area contributed by atoms with E-state index in [1.165, 1.54) is 78.9 Å². The molecule has 16 nitrogen and oxygen atoms in total. The first-order valence-corrected chi connectivity index (χ1v) is 19.0. The number of aromatic hydroxyl groups is 9. The third kappa shape index (κ3) is 5.56.